The molecule has 0 aliphatic carbocycles. The van der Waals surface area contributed by atoms with Gasteiger partial charge in [-0.05, 0) is 37.6 Å². The van der Waals surface area contributed by atoms with Crippen molar-refractivity contribution >= 4 is 23.6 Å². The number of carbonyl (C=O) groups is 4. The van der Waals surface area contributed by atoms with Crippen LogP contribution < -0.4 is 0 Å². The Labute approximate surface area is 187 Å². The third-order valence-electron chi connectivity index (χ3n) is 6.24. The second kappa shape index (κ2) is 9.04. The molecular formula is C25H26N2O5. The van der Waals surface area contributed by atoms with Crippen LogP contribution in [0.1, 0.15) is 46.0 Å². The number of nitrogens with zero attached hydrogens (tertiary/aromatic N) is 2. The van der Waals surface area contributed by atoms with Gasteiger partial charge in [-0.2, -0.15) is 0 Å². The first kappa shape index (κ1) is 21.9. The van der Waals surface area contributed by atoms with Crippen LogP contribution in [-0.4, -0.2) is 59.6 Å². The van der Waals surface area contributed by atoms with Crippen molar-refractivity contribution in [3.8, 4) is 0 Å². The van der Waals surface area contributed by atoms with E-state index in [9.17, 15) is 19.2 Å². The lowest BCUT2D eigenvalue weighted by molar-refractivity contribution is -0.152. The zero-order chi connectivity index (χ0) is 22.7. The second-order valence-electron chi connectivity index (χ2n) is 8.37. The highest BCUT2D eigenvalue weighted by Gasteiger charge is 2.49. The number of carbonyl (C=O) groups excluding carboxylic acids is 4. The Morgan fingerprint density at radius 1 is 0.969 bits per heavy atom. The van der Waals surface area contributed by atoms with Crippen LogP contribution in [-0.2, 0) is 20.9 Å². The molecule has 2 heterocycles. The number of imide groups is 1. The number of hydrogen-bond acceptors (Lipinski definition) is 6. The topological polar surface area (TPSA) is 84.0 Å². The maximum absolute atomic E-state index is 13.4. The lowest BCUT2D eigenvalue weighted by atomic mass is 9.74. The molecule has 1 saturated heterocycles. The fraction of sp³-hybridized carbons (Fsp3) is 0.360. The summed E-state index contributed by atoms with van der Waals surface area (Å²) < 4.78 is 5.13. The van der Waals surface area contributed by atoms with Crippen LogP contribution in [0.5, 0.6) is 0 Å². The standard InChI is InChI=1S/C25H26N2O5/c1-2-32-22(29)14-25(17-27-23(30)19-10-6-7-11-20(19)24(27)31)12-13-26(16-21(25)28)15-18-8-4-3-5-9-18/h3-11H,2,12-17H2,1H3. The number of ether oxygens (including phenoxy) is 1. The van der Waals surface area contributed by atoms with Gasteiger partial charge in [-0.1, -0.05) is 42.5 Å². The van der Waals surface area contributed by atoms with Gasteiger partial charge >= 0.3 is 5.97 Å². The van der Waals surface area contributed by atoms with Gasteiger partial charge < -0.3 is 4.74 Å². The number of rotatable bonds is 7. The zero-order valence-electron chi connectivity index (χ0n) is 18.1. The molecule has 0 aromatic heterocycles. The average Bonchev–Trinajstić information content (AvgIpc) is 3.02. The Bertz CT molecular complexity index is 1020. The van der Waals surface area contributed by atoms with E-state index in [0.717, 1.165) is 10.5 Å². The van der Waals surface area contributed by atoms with E-state index in [1.807, 2.05) is 35.2 Å². The molecule has 0 bridgehead atoms. The first-order valence-electron chi connectivity index (χ1n) is 10.8. The van der Waals surface area contributed by atoms with Gasteiger partial charge in [-0.15, -0.1) is 0 Å². The van der Waals surface area contributed by atoms with Crippen molar-refractivity contribution in [2.45, 2.75) is 26.3 Å². The molecule has 4 rings (SSSR count). The first-order chi connectivity index (χ1) is 15.4. The molecule has 2 aliphatic heterocycles. The van der Waals surface area contributed by atoms with Crippen LogP contribution in [0.15, 0.2) is 54.6 Å². The molecule has 2 aliphatic rings. The van der Waals surface area contributed by atoms with Crippen molar-refractivity contribution in [2.24, 2.45) is 5.41 Å². The van der Waals surface area contributed by atoms with E-state index in [2.05, 4.69) is 0 Å². The number of ketones is 1. The van der Waals surface area contributed by atoms with Gasteiger partial charge in [0.05, 0.1) is 36.1 Å². The normalized spacial score (nSPS) is 21.0. The molecule has 2 aromatic carbocycles. The molecule has 1 atom stereocenters. The summed E-state index contributed by atoms with van der Waals surface area (Å²) in [6.07, 6.45) is 0.219. The predicted molar refractivity (Wildman–Crippen MR) is 117 cm³/mol. The number of amides is 2. The molecule has 7 heteroatoms. The summed E-state index contributed by atoms with van der Waals surface area (Å²) in [7, 11) is 0. The number of piperidine rings is 1. The minimum atomic E-state index is -1.15. The Morgan fingerprint density at radius 2 is 1.59 bits per heavy atom. The molecule has 7 nitrogen and oxygen atoms in total. The summed E-state index contributed by atoms with van der Waals surface area (Å²) in [4.78, 5) is 54.8. The maximum Gasteiger partial charge on any atom is 0.306 e. The molecule has 2 aromatic rings. The molecule has 1 fully saturated rings. The van der Waals surface area contributed by atoms with Crippen molar-refractivity contribution in [1.82, 2.24) is 9.80 Å². The number of fused-ring (bicyclic) bond motifs is 1. The highest BCUT2D eigenvalue weighted by atomic mass is 16.5. The lowest BCUT2D eigenvalue weighted by Crippen LogP contribution is -2.54. The Balaban J connectivity index is 1.56. The van der Waals surface area contributed by atoms with Crippen LogP contribution in [0, 0.1) is 5.41 Å². The van der Waals surface area contributed by atoms with Crippen LogP contribution in [0.2, 0.25) is 0 Å². The number of likely N-dealkylation sites (tertiary alicyclic amines) is 1. The van der Waals surface area contributed by atoms with Gasteiger partial charge in [0.2, 0.25) is 0 Å². The largest absolute Gasteiger partial charge is 0.466 e. The third kappa shape index (κ3) is 4.21. The van der Waals surface area contributed by atoms with E-state index in [1.165, 1.54) is 0 Å². The Kier molecular flexibility index (Phi) is 6.19. The molecule has 166 valence electrons. The van der Waals surface area contributed by atoms with E-state index < -0.39 is 23.2 Å². The number of Topliss-reactive ketones (excluding diaryl/α,β-unsaturated/α-hetero) is 1. The lowest BCUT2D eigenvalue weighted by Gasteiger charge is -2.41. The fourth-order valence-corrected chi connectivity index (χ4v) is 4.52. The van der Waals surface area contributed by atoms with E-state index >= 15 is 0 Å². The third-order valence-corrected chi connectivity index (χ3v) is 6.24. The Hall–Kier alpha value is -3.32. The summed E-state index contributed by atoms with van der Waals surface area (Å²) in [5, 5.41) is 0. The van der Waals surface area contributed by atoms with E-state index in [4.69, 9.17) is 4.74 Å². The highest BCUT2D eigenvalue weighted by Crippen LogP contribution is 2.37. The summed E-state index contributed by atoms with van der Waals surface area (Å²) in [5.74, 6) is -1.49. The van der Waals surface area contributed by atoms with Gasteiger partial charge in [0, 0.05) is 13.1 Å². The minimum absolute atomic E-state index is 0.115. The summed E-state index contributed by atoms with van der Waals surface area (Å²) in [6.45, 7) is 3.14. The number of hydrogen-bond donors (Lipinski definition) is 0. The predicted octanol–water partition coefficient (Wildman–Crippen LogP) is 2.70. The second-order valence-corrected chi connectivity index (χ2v) is 8.37. The van der Waals surface area contributed by atoms with E-state index in [-0.39, 0.29) is 31.9 Å². The van der Waals surface area contributed by atoms with E-state index in [0.29, 0.717) is 30.6 Å². The molecular weight excluding hydrogens is 408 g/mol. The molecule has 2 amide bonds. The van der Waals surface area contributed by atoms with Gasteiger partial charge in [-0.25, -0.2) is 0 Å². The zero-order valence-corrected chi connectivity index (χ0v) is 18.1. The van der Waals surface area contributed by atoms with Crippen molar-refractivity contribution in [3.05, 3.63) is 71.3 Å². The van der Waals surface area contributed by atoms with Crippen molar-refractivity contribution in [2.75, 3.05) is 26.2 Å². The molecule has 0 saturated carbocycles. The monoisotopic (exact) mass is 434 g/mol. The number of esters is 1. The van der Waals surface area contributed by atoms with Crippen molar-refractivity contribution in [3.63, 3.8) is 0 Å². The number of benzene rings is 2. The van der Waals surface area contributed by atoms with Crippen LogP contribution in [0.25, 0.3) is 0 Å². The van der Waals surface area contributed by atoms with Crippen LogP contribution in [0.4, 0.5) is 0 Å². The van der Waals surface area contributed by atoms with Gasteiger partial charge in [0.25, 0.3) is 11.8 Å². The molecule has 1 unspecified atom stereocenters. The minimum Gasteiger partial charge on any atom is -0.466 e. The average molecular weight is 434 g/mol. The molecule has 0 N–H and O–H groups in total. The summed E-state index contributed by atoms with van der Waals surface area (Å²) in [6, 6.07) is 16.5. The Morgan fingerprint density at radius 3 is 2.19 bits per heavy atom. The molecule has 0 radical (unpaired) electrons. The van der Waals surface area contributed by atoms with Crippen molar-refractivity contribution < 1.29 is 23.9 Å². The quantitative estimate of drug-likeness (QED) is 0.492. The molecule has 0 spiro atoms. The van der Waals surface area contributed by atoms with Gasteiger partial charge in [0.15, 0.2) is 5.78 Å². The fourth-order valence-electron chi connectivity index (χ4n) is 4.52. The van der Waals surface area contributed by atoms with E-state index in [1.54, 1.807) is 31.2 Å². The maximum atomic E-state index is 13.4. The van der Waals surface area contributed by atoms with Gasteiger partial charge in [-0.3, -0.25) is 29.0 Å². The van der Waals surface area contributed by atoms with Crippen LogP contribution in [0.3, 0.4) is 0 Å². The molecule has 32 heavy (non-hydrogen) atoms. The van der Waals surface area contributed by atoms with Crippen LogP contribution >= 0.6 is 0 Å². The summed E-state index contributed by atoms with van der Waals surface area (Å²) >= 11 is 0. The SMILES string of the molecule is CCOC(=O)CC1(CN2C(=O)c3ccccc3C2=O)CCN(Cc2ccccc2)CC1=O. The summed E-state index contributed by atoms with van der Waals surface area (Å²) in [5.41, 5.74) is 0.612. The van der Waals surface area contributed by atoms with Gasteiger partial charge in [0.1, 0.15) is 0 Å². The highest BCUT2D eigenvalue weighted by molar-refractivity contribution is 6.21. The first-order valence-corrected chi connectivity index (χ1v) is 10.8. The van der Waals surface area contributed by atoms with Crippen molar-refractivity contribution in [1.29, 1.82) is 0 Å². The smallest absolute Gasteiger partial charge is 0.306 e.